The van der Waals surface area contributed by atoms with Crippen molar-refractivity contribution < 1.29 is 4.74 Å². The van der Waals surface area contributed by atoms with E-state index in [1.54, 1.807) is 0 Å². The minimum atomic E-state index is -0.244. The summed E-state index contributed by atoms with van der Waals surface area (Å²) in [5.41, 5.74) is 10.9. The van der Waals surface area contributed by atoms with Crippen LogP contribution in [0.5, 0.6) is 0 Å². The zero-order valence-corrected chi connectivity index (χ0v) is 19.7. The third-order valence-corrected chi connectivity index (χ3v) is 6.95. The maximum atomic E-state index is 9.89. The number of rotatable bonds is 3. The van der Waals surface area contributed by atoms with Gasteiger partial charge in [-0.25, -0.2) is 0 Å². The van der Waals surface area contributed by atoms with Crippen molar-refractivity contribution in [3.05, 3.63) is 97.0 Å². The van der Waals surface area contributed by atoms with Crippen LogP contribution < -0.4 is 5.73 Å². The van der Waals surface area contributed by atoms with Gasteiger partial charge in [-0.2, -0.15) is 5.26 Å². The average Bonchev–Trinajstić information content (AvgIpc) is 2.75. The smallest absolute Gasteiger partial charge is 0.205 e. The standard InChI is InChI=1S/C24H21Br2N3O/c1-2-29-13-16(11-15-7-3-5-9-20(15)25)23-19(14-29)22(18(12-27)24(28)30-23)17-8-4-6-10-21(17)26/h3-11,22H,2,13-14,28H2,1H3. The molecule has 0 saturated carbocycles. The van der Waals surface area contributed by atoms with E-state index in [1.807, 2.05) is 42.5 Å². The number of benzene rings is 2. The first-order valence-electron chi connectivity index (χ1n) is 9.76. The summed E-state index contributed by atoms with van der Waals surface area (Å²) in [5, 5.41) is 9.89. The van der Waals surface area contributed by atoms with Gasteiger partial charge in [0.05, 0.1) is 5.92 Å². The fraction of sp³-hybridized carbons (Fsp3) is 0.208. The lowest BCUT2D eigenvalue weighted by atomic mass is 9.80. The molecule has 0 fully saturated rings. The highest BCUT2D eigenvalue weighted by Gasteiger charge is 2.38. The van der Waals surface area contributed by atoms with Crippen LogP contribution in [0, 0.1) is 11.3 Å². The number of allylic oxidation sites excluding steroid dienone is 1. The van der Waals surface area contributed by atoms with Crippen molar-refractivity contribution in [3.8, 4) is 6.07 Å². The van der Waals surface area contributed by atoms with Crippen LogP contribution in [-0.4, -0.2) is 24.5 Å². The van der Waals surface area contributed by atoms with Crippen molar-refractivity contribution in [1.82, 2.24) is 4.90 Å². The normalized spacial score (nSPS) is 20.7. The minimum Gasteiger partial charge on any atom is -0.440 e. The van der Waals surface area contributed by atoms with E-state index in [9.17, 15) is 5.26 Å². The number of halogens is 2. The largest absolute Gasteiger partial charge is 0.440 e. The quantitative estimate of drug-likeness (QED) is 0.557. The Morgan fingerprint density at radius 1 is 1.13 bits per heavy atom. The van der Waals surface area contributed by atoms with Gasteiger partial charge in [0.15, 0.2) is 0 Å². The molecule has 30 heavy (non-hydrogen) atoms. The number of nitrogens with zero attached hydrogens (tertiary/aromatic N) is 2. The van der Waals surface area contributed by atoms with E-state index in [-0.39, 0.29) is 11.8 Å². The van der Waals surface area contributed by atoms with Gasteiger partial charge in [-0.05, 0) is 41.5 Å². The molecule has 1 atom stereocenters. The van der Waals surface area contributed by atoms with Crippen molar-refractivity contribution in [1.29, 1.82) is 5.26 Å². The molecule has 4 rings (SSSR count). The number of hydrogen-bond donors (Lipinski definition) is 1. The maximum Gasteiger partial charge on any atom is 0.205 e. The van der Waals surface area contributed by atoms with E-state index in [0.29, 0.717) is 5.57 Å². The second-order valence-electron chi connectivity index (χ2n) is 7.30. The van der Waals surface area contributed by atoms with Crippen LogP contribution in [0.15, 0.2) is 85.8 Å². The third-order valence-electron chi connectivity index (χ3n) is 5.50. The topological polar surface area (TPSA) is 62.3 Å². The van der Waals surface area contributed by atoms with E-state index in [2.05, 4.69) is 61.9 Å². The van der Waals surface area contributed by atoms with Crippen LogP contribution >= 0.6 is 31.9 Å². The van der Waals surface area contributed by atoms with E-state index in [4.69, 9.17) is 10.5 Å². The second-order valence-corrected chi connectivity index (χ2v) is 9.00. The number of hydrogen-bond acceptors (Lipinski definition) is 4. The molecule has 6 heteroatoms. The van der Waals surface area contributed by atoms with Crippen LogP contribution in [0.25, 0.3) is 6.08 Å². The Kier molecular flexibility index (Phi) is 6.14. The van der Waals surface area contributed by atoms with Crippen LogP contribution in [0.2, 0.25) is 0 Å². The Balaban J connectivity index is 1.92. The molecular weight excluding hydrogens is 506 g/mol. The molecule has 2 N–H and O–H groups in total. The van der Waals surface area contributed by atoms with Crippen molar-refractivity contribution in [2.24, 2.45) is 5.73 Å². The van der Waals surface area contributed by atoms with Crippen LogP contribution in [0.3, 0.4) is 0 Å². The molecule has 0 aliphatic carbocycles. The average molecular weight is 527 g/mol. The molecule has 2 aliphatic heterocycles. The summed E-state index contributed by atoms with van der Waals surface area (Å²) in [6.07, 6.45) is 2.14. The summed E-state index contributed by atoms with van der Waals surface area (Å²) in [6.45, 7) is 4.53. The zero-order valence-electron chi connectivity index (χ0n) is 16.5. The van der Waals surface area contributed by atoms with Gasteiger partial charge in [0.2, 0.25) is 5.88 Å². The van der Waals surface area contributed by atoms with Crippen LogP contribution in [0.4, 0.5) is 0 Å². The highest BCUT2D eigenvalue weighted by Crippen LogP contribution is 2.45. The lowest BCUT2D eigenvalue weighted by molar-refractivity contribution is 0.239. The summed E-state index contributed by atoms with van der Waals surface area (Å²) in [4.78, 5) is 2.35. The maximum absolute atomic E-state index is 9.89. The fourth-order valence-corrected chi connectivity index (χ4v) is 4.92. The lowest BCUT2D eigenvalue weighted by Gasteiger charge is -2.38. The SMILES string of the molecule is CCN1CC(=Cc2ccccc2Br)C2=C(C1)C(c1ccccc1Br)C(C#N)=C(N)O2. The van der Waals surface area contributed by atoms with Crippen molar-refractivity contribution in [3.63, 3.8) is 0 Å². The van der Waals surface area contributed by atoms with Crippen molar-refractivity contribution in [2.75, 3.05) is 19.6 Å². The second kappa shape index (κ2) is 8.81. The summed E-state index contributed by atoms with van der Waals surface area (Å²) < 4.78 is 8.07. The summed E-state index contributed by atoms with van der Waals surface area (Å²) >= 11 is 7.30. The molecule has 0 bridgehead atoms. The highest BCUT2D eigenvalue weighted by molar-refractivity contribution is 9.10. The van der Waals surface area contributed by atoms with Gasteiger partial charge < -0.3 is 10.5 Å². The Hall–Kier alpha value is -2.33. The van der Waals surface area contributed by atoms with Gasteiger partial charge in [-0.3, -0.25) is 4.90 Å². The van der Waals surface area contributed by atoms with E-state index >= 15 is 0 Å². The predicted octanol–water partition coefficient (Wildman–Crippen LogP) is 5.69. The fourth-order valence-electron chi connectivity index (χ4n) is 4.01. The van der Waals surface area contributed by atoms with Crippen LogP contribution in [0.1, 0.15) is 24.0 Å². The number of likely N-dealkylation sites (N-methyl/N-ethyl adjacent to an activating group) is 1. The van der Waals surface area contributed by atoms with E-state index < -0.39 is 0 Å². The first-order chi connectivity index (χ1) is 14.5. The Bertz CT molecular complexity index is 1130. The molecule has 0 amide bonds. The number of nitrogens with two attached hydrogens (primary N) is 1. The van der Waals surface area contributed by atoms with E-state index in [1.165, 1.54) is 0 Å². The Labute approximate surface area is 193 Å². The van der Waals surface area contributed by atoms with Crippen molar-refractivity contribution >= 4 is 37.9 Å². The third kappa shape index (κ3) is 3.85. The number of nitriles is 1. The molecule has 0 radical (unpaired) electrons. The highest BCUT2D eigenvalue weighted by atomic mass is 79.9. The molecule has 0 spiro atoms. The minimum absolute atomic E-state index is 0.181. The van der Waals surface area contributed by atoms with E-state index in [0.717, 1.165) is 56.6 Å². The van der Waals surface area contributed by atoms with Crippen molar-refractivity contribution in [2.45, 2.75) is 12.8 Å². The molecule has 2 heterocycles. The van der Waals surface area contributed by atoms with Gasteiger partial charge in [0.1, 0.15) is 17.4 Å². The first kappa shape index (κ1) is 20.9. The lowest BCUT2D eigenvalue weighted by Crippen LogP contribution is -2.38. The molecule has 0 aromatic heterocycles. The van der Waals surface area contributed by atoms with Gasteiger partial charge in [0.25, 0.3) is 0 Å². The summed E-state index contributed by atoms with van der Waals surface area (Å²) in [5.74, 6) is 0.721. The Morgan fingerprint density at radius 2 is 1.83 bits per heavy atom. The molecule has 1 unspecified atom stereocenters. The van der Waals surface area contributed by atoms with Gasteiger partial charge in [0, 0.05) is 27.6 Å². The number of ether oxygens (including phenoxy) is 1. The molecular formula is C24H21Br2N3O. The predicted molar refractivity (Wildman–Crippen MR) is 126 cm³/mol. The van der Waals surface area contributed by atoms with Gasteiger partial charge in [-0.15, -0.1) is 0 Å². The molecule has 2 aliphatic rings. The Morgan fingerprint density at radius 3 is 2.50 bits per heavy atom. The molecule has 2 aromatic rings. The van der Waals surface area contributed by atoms with Crippen LogP contribution in [-0.2, 0) is 4.74 Å². The van der Waals surface area contributed by atoms with Gasteiger partial charge >= 0.3 is 0 Å². The molecule has 4 nitrogen and oxygen atoms in total. The molecule has 2 aromatic carbocycles. The summed E-state index contributed by atoms with van der Waals surface area (Å²) in [7, 11) is 0. The molecule has 152 valence electrons. The zero-order chi connectivity index (χ0) is 21.3. The van der Waals surface area contributed by atoms with Gasteiger partial charge in [-0.1, -0.05) is 75.2 Å². The first-order valence-corrected chi connectivity index (χ1v) is 11.3. The molecule has 0 saturated heterocycles. The summed E-state index contributed by atoms with van der Waals surface area (Å²) in [6, 6.07) is 18.4. The monoisotopic (exact) mass is 525 g/mol.